The van der Waals surface area contributed by atoms with Gasteiger partial charge in [-0.05, 0) is 29.7 Å². The summed E-state index contributed by atoms with van der Waals surface area (Å²) in [5.74, 6) is -0.621. The summed E-state index contributed by atoms with van der Waals surface area (Å²) in [6.07, 6.45) is 0. The van der Waals surface area contributed by atoms with Crippen molar-refractivity contribution in [3.63, 3.8) is 0 Å². The highest BCUT2D eigenvalue weighted by Gasteiger charge is 2.29. The summed E-state index contributed by atoms with van der Waals surface area (Å²) < 4.78 is 32.8. The zero-order valence-electron chi connectivity index (χ0n) is 16.5. The van der Waals surface area contributed by atoms with E-state index in [2.05, 4.69) is 10.1 Å². The number of hydrogen-bond donors (Lipinski definition) is 1. The third-order valence-corrected chi connectivity index (χ3v) is 6.81. The number of anilines is 1. The molecule has 0 spiro atoms. The number of benzene rings is 3. The third kappa shape index (κ3) is 4.14. The lowest BCUT2D eigenvalue weighted by Crippen LogP contribution is -2.36. The Hall–Kier alpha value is -3.14. The van der Waals surface area contributed by atoms with Crippen LogP contribution in [0.2, 0.25) is 10.0 Å². The number of aliphatic carboxylic acids is 1. The van der Waals surface area contributed by atoms with Gasteiger partial charge in [-0.25, -0.2) is 8.42 Å². The average molecular weight is 492 g/mol. The standard InChI is InChI=1S/C21H15Cl2N3O5S/c1-12-24-21(25-31-12)18-6-2-5-17-16(18)4-3-7-19(17)26(11-20(27)28)32(29,30)15-9-13(22)8-14(23)10-15/h2-10H,11H2,1H3,(H,27,28). The van der Waals surface area contributed by atoms with E-state index in [-0.39, 0.29) is 20.6 Å². The number of fused-ring (bicyclic) bond motifs is 1. The van der Waals surface area contributed by atoms with Crippen molar-refractivity contribution < 1.29 is 22.8 Å². The van der Waals surface area contributed by atoms with Gasteiger partial charge in [0.05, 0.1) is 10.6 Å². The van der Waals surface area contributed by atoms with Crippen molar-refractivity contribution in [3.8, 4) is 11.4 Å². The summed E-state index contributed by atoms with van der Waals surface area (Å²) in [6, 6.07) is 13.9. The van der Waals surface area contributed by atoms with Crippen LogP contribution >= 0.6 is 23.2 Å². The van der Waals surface area contributed by atoms with E-state index >= 15 is 0 Å². The zero-order chi connectivity index (χ0) is 23.0. The molecule has 0 unspecified atom stereocenters. The van der Waals surface area contributed by atoms with Gasteiger partial charge in [0.15, 0.2) is 0 Å². The van der Waals surface area contributed by atoms with E-state index in [0.29, 0.717) is 28.1 Å². The molecule has 0 aliphatic carbocycles. The van der Waals surface area contributed by atoms with Crippen molar-refractivity contribution in [2.24, 2.45) is 0 Å². The number of halogens is 2. The Morgan fingerprint density at radius 1 is 1.06 bits per heavy atom. The molecule has 4 aromatic rings. The largest absolute Gasteiger partial charge is 0.480 e. The molecule has 3 aromatic carbocycles. The number of rotatable bonds is 6. The lowest BCUT2D eigenvalue weighted by Gasteiger charge is -2.24. The molecule has 0 saturated heterocycles. The fourth-order valence-corrected chi connectivity index (χ4v) is 5.50. The van der Waals surface area contributed by atoms with Crippen LogP contribution in [-0.2, 0) is 14.8 Å². The molecule has 0 fully saturated rings. The van der Waals surface area contributed by atoms with E-state index in [0.717, 1.165) is 4.31 Å². The van der Waals surface area contributed by atoms with E-state index in [1.807, 2.05) is 0 Å². The molecule has 0 amide bonds. The van der Waals surface area contributed by atoms with Gasteiger partial charge < -0.3 is 9.63 Å². The summed E-state index contributed by atoms with van der Waals surface area (Å²) in [5.41, 5.74) is 0.780. The van der Waals surface area contributed by atoms with E-state index in [1.54, 1.807) is 37.3 Å². The Balaban J connectivity index is 1.95. The van der Waals surface area contributed by atoms with Crippen molar-refractivity contribution in [1.82, 2.24) is 10.1 Å². The minimum atomic E-state index is -4.33. The van der Waals surface area contributed by atoms with E-state index in [4.69, 9.17) is 27.7 Å². The van der Waals surface area contributed by atoms with Crippen LogP contribution in [-0.4, -0.2) is 36.2 Å². The summed E-state index contributed by atoms with van der Waals surface area (Å²) >= 11 is 12.0. The Morgan fingerprint density at radius 2 is 1.72 bits per heavy atom. The normalized spacial score (nSPS) is 11.6. The first-order chi connectivity index (χ1) is 15.2. The number of carbonyl (C=O) groups is 1. The second-order valence-electron chi connectivity index (χ2n) is 6.83. The number of nitrogens with zero attached hydrogens (tertiary/aromatic N) is 3. The smallest absolute Gasteiger partial charge is 0.324 e. The molecule has 1 heterocycles. The molecule has 0 atom stereocenters. The molecule has 1 aromatic heterocycles. The predicted molar refractivity (Wildman–Crippen MR) is 121 cm³/mol. The molecular formula is C21H15Cl2N3O5S. The molecule has 1 N–H and O–H groups in total. The molecule has 164 valence electrons. The van der Waals surface area contributed by atoms with Crippen LogP contribution in [0.25, 0.3) is 22.2 Å². The average Bonchev–Trinajstić information content (AvgIpc) is 3.16. The number of aromatic nitrogens is 2. The van der Waals surface area contributed by atoms with Gasteiger partial charge in [0.2, 0.25) is 11.7 Å². The first kappa shape index (κ1) is 22.1. The summed E-state index contributed by atoms with van der Waals surface area (Å²) in [5, 5.41) is 14.8. The van der Waals surface area contributed by atoms with Crippen LogP contribution in [0.15, 0.2) is 64.0 Å². The van der Waals surface area contributed by atoms with Gasteiger partial charge in [-0.3, -0.25) is 9.10 Å². The number of aryl methyl sites for hydroxylation is 1. The van der Waals surface area contributed by atoms with E-state index < -0.39 is 22.5 Å². The van der Waals surface area contributed by atoms with Crippen LogP contribution in [0, 0.1) is 6.92 Å². The van der Waals surface area contributed by atoms with Crippen molar-refractivity contribution >= 4 is 55.7 Å². The Kier molecular flexibility index (Phi) is 5.81. The van der Waals surface area contributed by atoms with E-state index in [1.165, 1.54) is 24.3 Å². The van der Waals surface area contributed by atoms with Crippen LogP contribution in [0.4, 0.5) is 5.69 Å². The Labute approximate surface area is 193 Å². The molecule has 0 aliphatic rings. The maximum absolute atomic E-state index is 13.5. The Morgan fingerprint density at radius 3 is 2.34 bits per heavy atom. The second-order valence-corrected chi connectivity index (χ2v) is 9.56. The molecule has 11 heteroatoms. The molecule has 4 rings (SSSR count). The van der Waals surface area contributed by atoms with Crippen LogP contribution in [0.1, 0.15) is 5.89 Å². The fraction of sp³-hybridized carbons (Fsp3) is 0.0952. The summed E-state index contributed by atoms with van der Waals surface area (Å²) in [6.45, 7) is 0.849. The topological polar surface area (TPSA) is 114 Å². The maximum atomic E-state index is 13.5. The monoisotopic (exact) mass is 491 g/mol. The number of carboxylic acid groups (broad SMARTS) is 1. The van der Waals surface area contributed by atoms with Gasteiger partial charge in [-0.1, -0.05) is 58.7 Å². The van der Waals surface area contributed by atoms with Crippen LogP contribution in [0.3, 0.4) is 0 Å². The summed E-state index contributed by atoms with van der Waals surface area (Å²) in [4.78, 5) is 15.6. The van der Waals surface area contributed by atoms with Gasteiger partial charge in [0.1, 0.15) is 6.54 Å². The van der Waals surface area contributed by atoms with Gasteiger partial charge in [0.25, 0.3) is 10.0 Å². The van der Waals surface area contributed by atoms with Gasteiger partial charge >= 0.3 is 5.97 Å². The first-order valence-corrected chi connectivity index (χ1v) is 11.4. The maximum Gasteiger partial charge on any atom is 0.324 e. The van der Waals surface area contributed by atoms with Crippen LogP contribution in [0.5, 0.6) is 0 Å². The number of hydrogen-bond acceptors (Lipinski definition) is 6. The highest BCUT2D eigenvalue weighted by Crippen LogP contribution is 2.36. The minimum Gasteiger partial charge on any atom is -0.480 e. The molecule has 0 bridgehead atoms. The SMILES string of the molecule is Cc1nc(-c2cccc3c(N(CC(=O)O)S(=O)(=O)c4cc(Cl)cc(Cl)c4)cccc23)no1. The highest BCUT2D eigenvalue weighted by atomic mass is 35.5. The quantitative estimate of drug-likeness (QED) is 0.412. The van der Waals surface area contributed by atoms with Gasteiger partial charge in [0, 0.05) is 27.9 Å². The molecule has 0 radical (unpaired) electrons. The van der Waals surface area contributed by atoms with Crippen molar-refractivity contribution in [3.05, 3.63) is 70.5 Å². The second kappa shape index (κ2) is 8.42. The molecular weight excluding hydrogens is 477 g/mol. The van der Waals surface area contributed by atoms with Crippen molar-refractivity contribution in [2.45, 2.75) is 11.8 Å². The predicted octanol–water partition coefficient (Wildman–Crippen LogP) is 4.78. The van der Waals surface area contributed by atoms with E-state index in [9.17, 15) is 18.3 Å². The molecule has 0 saturated carbocycles. The number of sulfonamides is 1. The first-order valence-electron chi connectivity index (χ1n) is 9.20. The van der Waals surface area contributed by atoms with Crippen molar-refractivity contribution in [2.75, 3.05) is 10.8 Å². The molecule has 8 nitrogen and oxygen atoms in total. The van der Waals surface area contributed by atoms with Crippen LogP contribution < -0.4 is 4.31 Å². The molecule has 0 aliphatic heterocycles. The zero-order valence-corrected chi connectivity index (χ0v) is 18.8. The fourth-order valence-electron chi connectivity index (χ4n) is 3.34. The lowest BCUT2D eigenvalue weighted by atomic mass is 10.0. The van der Waals surface area contributed by atoms with Gasteiger partial charge in [-0.15, -0.1) is 0 Å². The van der Waals surface area contributed by atoms with Gasteiger partial charge in [-0.2, -0.15) is 4.98 Å². The Bertz CT molecular complexity index is 1430. The highest BCUT2D eigenvalue weighted by molar-refractivity contribution is 7.92. The minimum absolute atomic E-state index is 0.110. The summed E-state index contributed by atoms with van der Waals surface area (Å²) in [7, 11) is -4.33. The third-order valence-electron chi connectivity index (χ3n) is 4.64. The lowest BCUT2D eigenvalue weighted by molar-refractivity contribution is -0.135. The molecule has 32 heavy (non-hydrogen) atoms. The van der Waals surface area contributed by atoms with Crippen molar-refractivity contribution in [1.29, 1.82) is 0 Å². The number of carboxylic acids is 1.